The van der Waals surface area contributed by atoms with E-state index in [2.05, 4.69) is 106 Å². The van der Waals surface area contributed by atoms with Crippen LogP contribution in [0.1, 0.15) is 70.4 Å². The van der Waals surface area contributed by atoms with E-state index in [1.807, 2.05) is 11.3 Å². The van der Waals surface area contributed by atoms with Crippen LogP contribution in [0.4, 0.5) is 0 Å². The molecule has 0 atom stereocenters. The van der Waals surface area contributed by atoms with E-state index < -0.39 is 0 Å². The lowest BCUT2D eigenvalue weighted by atomic mass is 9.48. The average molecular weight is 527 g/mol. The quantitative estimate of drug-likeness (QED) is 0.219. The Morgan fingerprint density at radius 2 is 1.18 bits per heavy atom. The molecule has 1 aromatic heterocycles. The zero-order chi connectivity index (χ0) is 26.4. The van der Waals surface area contributed by atoms with Crippen LogP contribution < -0.4 is 0 Å². The second kappa shape index (κ2) is 8.55. The molecule has 1 heterocycles. The molecule has 0 unspecified atom stereocenters. The number of hydrogen-bond donors (Lipinski definition) is 0. The highest BCUT2D eigenvalue weighted by atomic mass is 32.1. The Bertz CT molecular complexity index is 1670. The van der Waals surface area contributed by atoms with Crippen molar-refractivity contribution in [2.75, 3.05) is 0 Å². The Kier molecular flexibility index (Phi) is 5.25. The third kappa shape index (κ3) is 4.00. The molecule has 4 bridgehead atoms. The largest absolute Gasteiger partial charge is 0.135 e. The predicted octanol–water partition coefficient (Wildman–Crippen LogP) is 11.2. The number of thiophene rings is 1. The molecular formula is C38H38S. The Balaban J connectivity index is 1.20. The molecule has 0 aliphatic heterocycles. The van der Waals surface area contributed by atoms with Crippen LogP contribution in [0, 0.1) is 17.8 Å². The molecule has 0 spiro atoms. The van der Waals surface area contributed by atoms with E-state index in [1.165, 1.54) is 86.5 Å². The first-order valence-electron chi connectivity index (χ1n) is 15.0. The molecule has 0 amide bonds. The summed E-state index contributed by atoms with van der Waals surface area (Å²) in [6.45, 7) is 7.00. The van der Waals surface area contributed by atoms with Gasteiger partial charge in [0.2, 0.25) is 0 Å². The molecule has 0 radical (unpaired) electrons. The van der Waals surface area contributed by atoms with Gasteiger partial charge in [-0.25, -0.2) is 0 Å². The summed E-state index contributed by atoms with van der Waals surface area (Å²) in [4.78, 5) is 0. The van der Waals surface area contributed by atoms with Crippen molar-refractivity contribution in [3.63, 3.8) is 0 Å². The van der Waals surface area contributed by atoms with E-state index in [1.54, 1.807) is 5.56 Å². The Morgan fingerprint density at radius 1 is 0.590 bits per heavy atom. The zero-order valence-electron chi connectivity index (χ0n) is 23.5. The molecule has 4 saturated carbocycles. The SMILES string of the molecule is CC(C)(C)c1cc(-c2ccc(C34CC5CC(CC(C5)C3)C4)cc2)cc(-c2ccc3sc4ccccc4c3c2)c1. The molecule has 0 saturated heterocycles. The topological polar surface area (TPSA) is 0 Å². The summed E-state index contributed by atoms with van der Waals surface area (Å²) in [6, 6.07) is 33.0. The average Bonchev–Trinajstić information content (AvgIpc) is 3.30. The van der Waals surface area contributed by atoms with Gasteiger partial charge < -0.3 is 0 Å². The van der Waals surface area contributed by atoms with Crippen molar-refractivity contribution < 1.29 is 0 Å². The van der Waals surface area contributed by atoms with E-state index in [0.717, 1.165) is 17.8 Å². The van der Waals surface area contributed by atoms with Crippen molar-refractivity contribution in [2.45, 2.75) is 70.1 Å². The molecule has 4 aliphatic carbocycles. The van der Waals surface area contributed by atoms with Crippen molar-refractivity contribution in [3.05, 3.63) is 96.1 Å². The van der Waals surface area contributed by atoms with Crippen molar-refractivity contribution in [3.8, 4) is 22.3 Å². The minimum Gasteiger partial charge on any atom is -0.135 e. The van der Waals surface area contributed by atoms with Gasteiger partial charge in [0, 0.05) is 20.2 Å². The van der Waals surface area contributed by atoms with Gasteiger partial charge in [0.15, 0.2) is 0 Å². The summed E-state index contributed by atoms with van der Waals surface area (Å²) >= 11 is 1.89. The Hall–Kier alpha value is -2.90. The van der Waals surface area contributed by atoms with Gasteiger partial charge in [-0.1, -0.05) is 81.4 Å². The van der Waals surface area contributed by atoms with Crippen LogP contribution in [0.2, 0.25) is 0 Å². The predicted molar refractivity (Wildman–Crippen MR) is 169 cm³/mol. The highest BCUT2D eigenvalue weighted by Gasteiger charge is 2.51. The first-order valence-corrected chi connectivity index (χ1v) is 15.8. The fourth-order valence-corrected chi connectivity index (χ4v) is 9.87. The minimum absolute atomic E-state index is 0.0864. The molecule has 5 aromatic rings. The first-order chi connectivity index (χ1) is 18.8. The Morgan fingerprint density at radius 3 is 1.85 bits per heavy atom. The van der Waals surface area contributed by atoms with Crippen molar-refractivity contribution in [1.29, 1.82) is 0 Å². The lowest BCUT2D eigenvalue weighted by Gasteiger charge is -2.57. The number of hydrogen-bond acceptors (Lipinski definition) is 1. The standard InChI is InChI=1S/C38H38S/c1-37(2,3)32-18-29(17-30(19-32)28-10-13-36-34(20-28)33-6-4-5-7-35(33)39-36)27-8-11-31(12-9-27)38-21-24-14-25(22-38)16-26(15-24)23-38/h4-13,17-20,24-26H,14-16,21-23H2,1-3H3. The van der Waals surface area contributed by atoms with Crippen LogP contribution in [-0.2, 0) is 10.8 Å². The summed E-state index contributed by atoms with van der Waals surface area (Å²) in [7, 11) is 0. The smallest absolute Gasteiger partial charge is 0.0355 e. The maximum Gasteiger partial charge on any atom is 0.0355 e. The molecule has 0 N–H and O–H groups in total. The van der Waals surface area contributed by atoms with Crippen LogP contribution in [0.25, 0.3) is 42.4 Å². The molecule has 4 aromatic carbocycles. The van der Waals surface area contributed by atoms with E-state index >= 15 is 0 Å². The third-order valence-corrected chi connectivity index (χ3v) is 11.5. The molecule has 1 heteroatoms. The maximum atomic E-state index is 2.50. The molecule has 39 heavy (non-hydrogen) atoms. The van der Waals surface area contributed by atoms with Gasteiger partial charge in [0.1, 0.15) is 0 Å². The molecular weight excluding hydrogens is 488 g/mol. The second-order valence-corrected chi connectivity index (χ2v) is 15.2. The highest BCUT2D eigenvalue weighted by molar-refractivity contribution is 7.25. The number of rotatable bonds is 3. The van der Waals surface area contributed by atoms with Crippen LogP contribution in [0.3, 0.4) is 0 Å². The number of benzene rings is 4. The van der Waals surface area contributed by atoms with Crippen LogP contribution in [-0.4, -0.2) is 0 Å². The van der Waals surface area contributed by atoms with E-state index in [0.29, 0.717) is 5.41 Å². The second-order valence-electron chi connectivity index (χ2n) is 14.1. The summed E-state index contributed by atoms with van der Waals surface area (Å²) in [5, 5.41) is 2.74. The third-order valence-electron chi connectivity index (χ3n) is 10.4. The normalized spacial score (nSPS) is 26.1. The summed E-state index contributed by atoms with van der Waals surface area (Å²) < 4.78 is 2.74. The zero-order valence-corrected chi connectivity index (χ0v) is 24.3. The maximum absolute atomic E-state index is 2.50. The van der Waals surface area contributed by atoms with Gasteiger partial charge in [-0.15, -0.1) is 11.3 Å². The van der Waals surface area contributed by atoms with Gasteiger partial charge in [-0.3, -0.25) is 0 Å². The molecule has 0 nitrogen and oxygen atoms in total. The highest BCUT2D eigenvalue weighted by Crippen LogP contribution is 2.60. The van der Waals surface area contributed by atoms with Gasteiger partial charge >= 0.3 is 0 Å². The van der Waals surface area contributed by atoms with Crippen molar-refractivity contribution in [2.24, 2.45) is 17.8 Å². The summed E-state index contributed by atoms with van der Waals surface area (Å²) in [5.41, 5.74) is 8.88. The van der Waals surface area contributed by atoms with E-state index in [-0.39, 0.29) is 5.41 Å². The summed E-state index contributed by atoms with van der Waals surface area (Å²) in [5.74, 6) is 2.96. The fraction of sp³-hybridized carbons (Fsp3) is 0.368. The lowest BCUT2D eigenvalue weighted by molar-refractivity contribution is -0.00518. The van der Waals surface area contributed by atoms with Crippen LogP contribution in [0.5, 0.6) is 0 Å². The lowest BCUT2D eigenvalue weighted by Crippen LogP contribution is -2.48. The van der Waals surface area contributed by atoms with E-state index in [9.17, 15) is 0 Å². The molecule has 4 fully saturated rings. The van der Waals surface area contributed by atoms with Crippen LogP contribution >= 0.6 is 11.3 Å². The van der Waals surface area contributed by atoms with Crippen molar-refractivity contribution in [1.82, 2.24) is 0 Å². The number of fused-ring (bicyclic) bond motifs is 3. The molecule has 9 rings (SSSR count). The fourth-order valence-electron chi connectivity index (χ4n) is 8.78. The van der Waals surface area contributed by atoms with E-state index in [4.69, 9.17) is 0 Å². The molecule has 196 valence electrons. The summed E-state index contributed by atoms with van der Waals surface area (Å²) in [6.07, 6.45) is 8.82. The van der Waals surface area contributed by atoms with Crippen molar-refractivity contribution >= 4 is 31.5 Å². The monoisotopic (exact) mass is 526 g/mol. The van der Waals surface area contributed by atoms with Gasteiger partial charge in [0.05, 0.1) is 0 Å². The van der Waals surface area contributed by atoms with Gasteiger partial charge in [-0.2, -0.15) is 0 Å². The van der Waals surface area contributed by atoms with Crippen LogP contribution in [0.15, 0.2) is 84.9 Å². The van der Waals surface area contributed by atoms with Gasteiger partial charge in [-0.05, 0) is 125 Å². The van der Waals surface area contributed by atoms with Gasteiger partial charge in [0.25, 0.3) is 0 Å². The first kappa shape index (κ1) is 23.9. The Labute approximate surface area is 237 Å². The molecule has 4 aliphatic rings. The minimum atomic E-state index is 0.0864.